The number of ketones is 2. The van der Waals surface area contributed by atoms with E-state index in [-0.39, 0.29) is 44.3 Å². The first-order valence-electron chi connectivity index (χ1n) is 15.7. The van der Waals surface area contributed by atoms with Crippen LogP contribution in [0, 0.1) is 5.92 Å². The lowest BCUT2D eigenvalue weighted by Crippen LogP contribution is -2.42. The number of amides is 2. The predicted octanol–water partition coefficient (Wildman–Crippen LogP) is 6.92. The third-order valence-electron chi connectivity index (χ3n) is 7.56. The number of rotatable bonds is 15. The molecule has 4 rings (SSSR count). The van der Waals surface area contributed by atoms with Gasteiger partial charge in [0, 0.05) is 30.3 Å². The lowest BCUT2D eigenvalue weighted by atomic mass is 9.89. The molecular weight excluding hydrogens is 626 g/mol. The van der Waals surface area contributed by atoms with Crippen molar-refractivity contribution in [2.45, 2.75) is 77.2 Å². The van der Waals surface area contributed by atoms with Crippen molar-refractivity contribution in [2.75, 3.05) is 19.7 Å². The van der Waals surface area contributed by atoms with E-state index in [1.807, 2.05) is 12.1 Å². The maximum absolute atomic E-state index is 13.9. The van der Waals surface area contributed by atoms with Gasteiger partial charge in [0.1, 0.15) is 17.7 Å². The van der Waals surface area contributed by atoms with Crippen LogP contribution in [0.1, 0.15) is 69.1 Å². The summed E-state index contributed by atoms with van der Waals surface area (Å²) in [7, 11) is 0. The van der Waals surface area contributed by atoms with E-state index in [9.17, 15) is 19.2 Å². The molecule has 47 heavy (non-hydrogen) atoms. The number of ether oxygens (including phenoxy) is 3. The number of hydrogen-bond donors (Lipinski definition) is 1. The number of fused-ring (bicyclic) bond motifs is 1. The summed E-state index contributed by atoms with van der Waals surface area (Å²) in [5.41, 5.74) is 1.29. The molecule has 1 fully saturated rings. The van der Waals surface area contributed by atoms with E-state index in [0.717, 1.165) is 5.56 Å². The zero-order valence-electron chi connectivity index (χ0n) is 27.0. The molecular formula is C35H42ClN3O8. The van der Waals surface area contributed by atoms with Crippen LogP contribution in [0.5, 0.6) is 0 Å². The maximum atomic E-state index is 13.9. The number of carbonyl (C=O) groups excluding carboxylic acids is 4. The summed E-state index contributed by atoms with van der Waals surface area (Å²) in [6.07, 6.45) is 1.36. The molecule has 11 nitrogen and oxygen atoms in total. The number of carbonyl (C=O) groups is 4. The monoisotopic (exact) mass is 667 g/mol. The molecule has 1 aliphatic heterocycles. The minimum atomic E-state index is -0.852. The summed E-state index contributed by atoms with van der Waals surface area (Å²) in [4.78, 5) is 58.4. The minimum absolute atomic E-state index is 0.0112. The van der Waals surface area contributed by atoms with Crippen molar-refractivity contribution in [3.05, 3.63) is 77.7 Å². The Kier molecular flexibility index (Phi) is 12.6. The summed E-state index contributed by atoms with van der Waals surface area (Å²) >= 11 is 5.99. The van der Waals surface area contributed by atoms with Gasteiger partial charge in [0.05, 0.1) is 25.3 Å². The highest BCUT2D eigenvalue weighted by molar-refractivity contribution is 6.30. The second kappa shape index (κ2) is 16.6. The number of hydrogen-bond acceptors (Lipinski definition) is 9. The fraction of sp³-hybridized carbons (Fsp3) is 0.457. The third kappa shape index (κ3) is 10.7. The van der Waals surface area contributed by atoms with Gasteiger partial charge in [0.2, 0.25) is 5.78 Å². The van der Waals surface area contributed by atoms with E-state index in [4.69, 9.17) is 30.2 Å². The standard InChI is InChI=1S/C35H42ClN3O8/c1-5-18-44-34(43)39-21-26(45-22-23-13-15-25(36)16-14-23)20-28(39)29(40)19-24(10-8-9-17-37-33(42)47-35(2,3)4)31(41)32-38-27-11-6-7-12-30(27)46-32/h5-7,11-16,24,26,28H,1,8-10,17-22H2,2-4H3,(H,37,42)/t24-,26-,28+/m1/s1. The van der Waals surface area contributed by atoms with Crippen LogP contribution in [-0.2, 0) is 25.6 Å². The van der Waals surface area contributed by atoms with Crippen molar-refractivity contribution in [3.63, 3.8) is 0 Å². The number of halogens is 1. The Hall–Kier alpha value is -4.22. The van der Waals surface area contributed by atoms with E-state index in [2.05, 4.69) is 16.9 Å². The summed E-state index contributed by atoms with van der Waals surface area (Å²) in [6.45, 7) is 9.69. The number of benzene rings is 2. The highest BCUT2D eigenvalue weighted by atomic mass is 35.5. The molecule has 1 aromatic heterocycles. The van der Waals surface area contributed by atoms with Crippen LogP contribution in [0.15, 0.2) is 65.6 Å². The van der Waals surface area contributed by atoms with Gasteiger partial charge in [0.25, 0.3) is 5.89 Å². The topological polar surface area (TPSA) is 137 Å². The fourth-order valence-electron chi connectivity index (χ4n) is 5.31. The number of nitrogens with one attached hydrogen (secondary N) is 1. The fourth-order valence-corrected chi connectivity index (χ4v) is 5.44. The van der Waals surface area contributed by atoms with Crippen LogP contribution in [0.3, 0.4) is 0 Å². The number of likely N-dealkylation sites (tertiary alicyclic amines) is 1. The quantitative estimate of drug-likeness (QED) is 0.104. The summed E-state index contributed by atoms with van der Waals surface area (Å²) in [5.74, 6) is -1.53. The van der Waals surface area contributed by atoms with Gasteiger partial charge < -0.3 is 23.9 Å². The summed E-state index contributed by atoms with van der Waals surface area (Å²) in [5, 5.41) is 3.32. The third-order valence-corrected chi connectivity index (χ3v) is 7.82. The molecule has 1 N–H and O–H groups in total. The molecule has 252 valence electrons. The highest BCUT2D eigenvalue weighted by Crippen LogP contribution is 2.28. The Morgan fingerprint density at radius 2 is 1.87 bits per heavy atom. The van der Waals surface area contributed by atoms with Gasteiger partial charge in [-0.15, -0.1) is 0 Å². The van der Waals surface area contributed by atoms with Crippen LogP contribution in [0.4, 0.5) is 9.59 Å². The average molecular weight is 668 g/mol. The molecule has 0 radical (unpaired) electrons. The lowest BCUT2D eigenvalue weighted by Gasteiger charge is -2.24. The van der Waals surface area contributed by atoms with Crippen LogP contribution < -0.4 is 5.32 Å². The Balaban J connectivity index is 1.45. The predicted molar refractivity (Wildman–Crippen MR) is 176 cm³/mol. The van der Waals surface area contributed by atoms with Crippen molar-refractivity contribution in [1.82, 2.24) is 15.2 Å². The molecule has 2 aromatic carbocycles. The van der Waals surface area contributed by atoms with Gasteiger partial charge in [0.15, 0.2) is 11.4 Å². The molecule has 0 aliphatic carbocycles. The van der Waals surface area contributed by atoms with Gasteiger partial charge >= 0.3 is 12.2 Å². The second-order valence-corrected chi connectivity index (χ2v) is 12.9. The zero-order chi connectivity index (χ0) is 34.0. The second-order valence-electron chi connectivity index (χ2n) is 12.5. The van der Waals surface area contributed by atoms with Crippen LogP contribution >= 0.6 is 11.6 Å². The van der Waals surface area contributed by atoms with E-state index >= 15 is 0 Å². The molecule has 12 heteroatoms. The van der Waals surface area contributed by atoms with Crippen molar-refractivity contribution in [1.29, 1.82) is 0 Å². The summed E-state index contributed by atoms with van der Waals surface area (Å²) < 4.78 is 22.4. The Labute approximate surface area is 279 Å². The smallest absolute Gasteiger partial charge is 0.410 e. The minimum Gasteiger partial charge on any atom is -0.445 e. The summed E-state index contributed by atoms with van der Waals surface area (Å²) in [6, 6.07) is 13.4. The van der Waals surface area contributed by atoms with Gasteiger partial charge in [-0.05, 0) is 63.4 Å². The molecule has 0 saturated carbocycles. The van der Waals surface area contributed by atoms with E-state index < -0.39 is 41.6 Å². The molecule has 1 saturated heterocycles. The van der Waals surface area contributed by atoms with Gasteiger partial charge in [-0.25, -0.2) is 14.6 Å². The largest absolute Gasteiger partial charge is 0.445 e. The van der Waals surface area contributed by atoms with Crippen molar-refractivity contribution in [3.8, 4) is 0 Å². The first-order valence-corrected chi connectivity index (χ1v) is 16.1. The molecule has 3 atom stereocenters. The Morgan fingerprint density at radius 1 is 1.13 bits per heavy atom. The average Bonchev–Trinajstić information content (AvgIpc) is 3.66. The van der Waals surface area contributed by atoms with Crippen LogP contribution in [0.25, 0.3) is 11.1 Å². The van der Waals surface area contributed by atoms with Crippen molar-refractivity contribution >= 4 is 46.5 Å². The molecule has 0 spiro atoms. The maximum Gasteiger partial charge on any atom is 0.410 e. The Bertz CT molecular complexity index is 1520. The van der Waals surface area contributed by atoms with E-state index in [0.29, 0.717) is 41.9 Å². The highest BCUT2D eigenvalue weighted by Gasteiger charge is 2.42. The number of aromatic nitrogens is 1. The van der Waals surface area contributed by atoms with Crippen LogP contribution in [0.2, 0.25) is 5.02 Å². The lowest BCUT2D eigenvalue weighted by molar-refractivity contribution is -0.123. The number of alkyl carbamates (subject to hydrolysis) is 1. The first-order chi connectivity index (χ1) is 22.4. The molecule has 3 aromatic rings. The SMILES string of the molecule is C=CCOC(=O)N1C[C@H](OCc2ccc(Cl)cc2)C[C@H]1C(=O)C[C@@H](CCCCNC(=O)OC(C)(C)C)C(=O)c1nc2ccccc2o1. The van der Waals surface area contributed by atoms with Crippen LogP contribution in [-0.4, -0.2) is 71.1 Å². The number of nitrogens with zero attached hydrogens (tertiary/aromatic N) is 2. The van der Waals surface area contributed by atoms with Crippen molar-refractivity contribution < 1.29 is 37.8 Å². The molecule has 2 amide bonds. The van der Waals surface area contributed by atoms with E-state index in [1.54, 1.807) is 57.2 Å². The Morgan fingerprint density at radius 3 is 2.57 bits per heavy atom. The van der Waals surface area contributed by atoms with E-state index in [1.165, 1.54) is 11.0 Å². The first kappa shape index (κ1) is 35.6. The number of oxazole rings is 1. The normalized spacial score (nSPS) is 16.9. The molecule has 1 aliphatic rings. The number of unbranched alkanes of at least 4 members (excludes halogenated alkanes) is 1. The zero-order valence-corrected chi connectivity index (χ0v) is 27.8. The van der Waals surface area contributed by atoms with Gasteiger partial charge in [-0.3, -0.25) is 14.5 Å². The molecule has 0 unspecified atom stereocenters. The van der Waals surface area contributed by atoms with Gasteiger partial charge in [-0.1, -0.05) is 54.9 Å². The van der Waals surface area contributed by atoms with Gasteiger partial charge in [-0.2, -0.15) is 0 Å². The van der Waals surface area contributed by atoms with Crippen molar-refractivity contribution in [2.24, 2.45) is 5.92 Å². The number of para-hydroxylation sites is 2. The molecule has 0 bridgehead atoms. The molecule has 2 heterocycles. The number of Topliss-reactive ketones (excluding diaryl/α,β-unsaturated/α-hetero) is 2.